The molecule has 124 valence electrons. The number of carbonyl (C=O) groups excluding carboxylic acids is 1. The predicted molar refractivity (Wildman–Crippen MR) is 56.2 cm³/mol. The standard InChI is InChI=1S/C11H8F7NO3/c1-2-21-6(20)3-5-4-19-9(22-11(16,17)18)8(12)7(5)10(13,14)15/h4H,2-3H2,1H3. The monoisotopic (exact) mass is 335 g/mol. The lowest BCUT2D eigenvalue weighted by atomic mass is 10.1. The Morgan fingerprint density at radius 3 is 2.27 bits per heavy atom. The van der Waals surface area contributed by atoms with Gasteiger partial charge < -0.3 is 9.47 Å². The third-order valence-corrected chi connectivity index (χ3v) is 2.20. The molecule has 22 heavy (non-hydrogen) atoms. The van der Waals surface area contributed by atoms with E-state index in [-0.39, 0.29) is 12.8 Å². The molecule has 0 fully saturated rings. The molecule has 0 bridgehead atoms. The van der Waals surface area contributed by atoms with Gasteiger partial charge in [-0.3, -0.25) is 4.79 Å². The molecule has 0 amide bonds. The summed E-state index contributed by atoms with van der Waals surface area (Å²) in [5.41, 5.74) is -3.02. The van der Waals surface area contributed by atoms with Crippen LogP contribution >= 0.6 is 0 Å². The van der Waals surface area contributed by atoms with Crippen molar-refractivity contribution >= 4 is 5.97 Å². The molecule has 0 saturated heterocycles. The molecule has 0 aromatic carbocycles. The molecule has 0 atom stereocenters. The van der Waals surface area contributed by atoms with Crippen molar-refractivity contribution in [2.45, 2.75) is 25.9 Å². The summed E-state index contributed by atoms with van der Waals surface area (Å²) in [6.07, 6.45) is -11.5. The second-order valence-corrected chi connectivity index (χ2v) is 3.80. The molecule has 0 saturated carbocycles. The van der Waals surface area contributed by atoms with Gasteiger partial charge >= 0.3 is 18.5 Å². The molecule has 4 nitrogen and oxygen atoms in total. The van der Waals surface area contributed by atoms with Crippen molar-refractivity contribution in [2.24, 2.45) is 0 Å². The van der Waals surface area contributed by atoms with Crippen molar-refractivity contribution in [1.29, 1.82) is 0 Å². The minimum Gasteiger partial charge on any atom is -0.466 e. The highest BCUT2D eigenvalue weighted by molar-refractivity contribution is 5.73. The highest BCUT2D eigenvalue weighted by Crippen LogP contribution is 2.38. The molecule has 1 rings (SSSR count). The Bertz CT molecular complexity index is 554. The molecule has 0 N–H and O–H groups in total. The number of esters is 1. The fourth-order valence-electron chi connectivity index (χ4n) is 1.49. The van der Waals surface area contributed by atoms with Crippen LogP contribution in [-0.4, -0.2) is 23.9 Å². The molecule has 0 spiro atoms. The topological polar surface area (TPSA) is 48.4 Å². The minimum absolute atomic E-state index is 0.134. The summed E-state index contributed by atoms with van der Waals surface area (Å²) in [6, 6.07) is 0. The Balaban J connectivity index is 3.30. The summed E-state index contributed by atoms with van der Waals surface area (Å²) in [6.45, 7) is 1.26. The number of pyridine rings is 1. The van der Waals surface area contributed by atoms with Crippen molar-refractivity contribution in [3.05, 3.63) is 23.1 Å². The van der Waals surface area contributed by atoms with Gasteiger partial charge in [-0.2, -0.15) is 13.2 Å². The molecule has 1 heterocycles. The van der Waals surface area contributed by atoms with Gasteiger partial charge in [-0.25, -0.2) is 9.37 Å². The third-order valence-electron chi connectivity index (χ3n) is 2.20. The number of hydrogen-bond donors (Lipinski definition) is 0. The average Bonchev–Trinajstić information content (AvgIpc) is 2.29. The smallest absolute Gasteiger partial charge is 0.466 e. The SMILES string of the molecule is CCOC(=O)Cc1cnc(OC(F)(F)F)c(F)c1C(F)(F)F. The summed E-state index contributed by atoms with van der Waals surface area (Å²) < 4.78 is 95.4. The lowest BCUT2D eigenvalue weighted by Gasteiger charge is -2.16. The normalized spacial score (nSPS) is 12.2. The van der Waals surface area contributed by atoms with E-state index in [0.717, 1.165) is 0 Å². The van der Waals surface area contributed by atoms with Gasteiger partial charge in [0.2, 0.25) is 0 Å². The number of aromatic nitrogens is 1. The van der Waals surface area contributed by atoms with Gasteiger partial charge in [0.05, 0.1) is 13.0 Å². The van der Waals surface area contributed by atoms with E-state index < -0.39 is 47.8 Å². The van der Waals surface area contributed by atoms with Gasteiger partial charge in [0, 0.05) is 6.20 Å². The van der Waals surface area contributed by atoms with Crippen LogP contribution in [0.2, 0.25) is 0 Å². The van der Waals surface area contributed by atoms with Gasteiger partial charge in [-0.1, -0.05) is 0 Å². The number of halogens is 7. The zero-order chi connectivity index (χ0) is 17.1. The summed E-state index contributed by atoms with van der Waals surface area (Å²) in [5, 5.41) is 0. The zero-order valence-corrected chi connectivity index (χ0v) is 10.8. The maximum atomic E-state index is 13.6. The lowest BCUT2D eigenvalue weighted by Crippen LogP contribution is -2.22. The molecular weight excluding hydrogens is 327 g/mol. The zero-order valence-electron chi connectivity index (χ0n) is 10.8. The van der Waals surface area contributed by atoms with Crippen LogP contribution in [0.3, 0.4) is 0 Å². The summed E-state index contributed by atoms with van der Waals surface area (Å²) >= 11 is 0. The molecule has 0 unspecified atom stereocenters. The van der Waals surface area contributed by atoms with Gasteiger partial charge in [0.15, 0.2) is 5.82 Å². The van der Waals surface area contributed by atoms with Crippen LogP contribution in [0.15, 0.2) is 6.20 Å². The van der Waals surface area contributed by atoms with Crippen LogP contribution in [0.1, 0.15) is 18.1 Å². The van der Waals surface area contributed by atoms with E-state index in [1.165, 1.54) is 6.92 Å². The van der Waals surface area contributed by atoms with Crippen LogP contribution in [0, 0.1) is 5.82 Å². The number of alkyl halides is 6. The number of nitrogens with zero attached hydrogens (tertiary/aromatic N) is 1. The van der Waals surface area contributed by atoms with Crippen LogP contribution < -0.4 is 4.74 Å². The van der Waals surface area contributed by atoms with E-state index in [1.807, 2.05) is 0 Å². The van der Waals surface area contributed by atoms with E-state index in [0.29, 0.717) is 0 Å². The Labute approximate surface area is 118 Å². The highest BCUT2D eigenvalue weighted by Gasteiger charge is 2.41. The van der Waals surface area contributed by atoms with Crippen LogP contribution in [0.5, 0.6) is 5.88 Å². The largest absolute Gasteiger partial charge is 0.574 e. The van der Waals surface area contributed by atoms with E-state index >= 15 is 0 Å². The fraction of sp³-hybridized carbons (Fsp3) is 0.455. The second-order valence-electron chi connectivity index (χ2n) is 3.80. The molecule has 11 heteroatoms. The first kappa shape index (κ1) is 18.0. The first-order chi connectivity index (χ1) is 9.95. The quantitative estimate of drug-likeness (QED) is 0.626. The number of hydrogen-bond acceptors (Lipinski definition) is 4. The van der Waals surface area contributed by atoms with Gasteiger partial charge in [-0.05, 0) is 12.5 Å². The van der Waals surface area contributed by atoms with Crippen molar-refractivity contribution in [3.63, 3.8) is 0 Å². The lowest BCUT2D eigenvalue weighted by molar-refractivity contribution is -0.277. The van der Waals surface area contributed by atoms with E-state index in [1.54, 1.807) is 0 Å². The summed E-state index contributed by atoms with van der Waals surface area (Å²) in [7, 11) is 0. The van der Waals surface area contributed by atoms with Gasteiger partial charge in [-0.15, -0.1) is 13.2 Å². The van der Waals surface area contributed by atoms with E-state index in [2.05, 4.69) is 14.5 Å². The Hall–Kier alpha value is -2.07. The van der Waals surface area contributed by atoms with Crippen molar-refractivity contribution in [2.75, 3.05) is 6.61 Å². The molecule has 0 radical (unpaired) electrons. The maximum absolute atomic E-state index is 13.6. The van der Waals surface area contributed by atoms with Gasteiger partial charge in [0.1, 0.15) is 5.56 Å². The van der Waals surface area contributed by atoms with Crippen LogP contribution in [0.4, 0.5) is 30.7 Å². The van der Waals surface area contributed by atoms with E-state index in [9.17, 15) is 35.5 Å². The molecule has 1 aromatic heterocycles. The highest BCUT2D eigenvalue weighted by atomic mass is 19.4. The Morgan fingerprint density at radius 1 is 1.23 bits per heavy atom. The number of carbonyl (C=O) groups is 1. The maximum Gasteiger partial charge on any atom is 0.574 e. The van der Waals surface area contributed by atoms with Crippen molar-refractivity contribution in [1.82, 2.24) is 4.98 Å². The predicted octanol–water partition coefficient (Wildman–Crippen LogP) is 3.24. The molecule has 0 aliphatic carbocycles. The van der Waals surface area contributed by atoms with E-state index in [4.69, 9.17) is 0 Å². The molecule has 0 aliphatic heterocycles. The van der Waals surface area contributed by atoms with Crippen LogP contribution in [0.25, 0.3) is 0 Å². The fourth-order valence-corrected chi connectivity index (χ4v) is 1.49. The second kappa shape index (κ2) is 6.36. The molecular formula is C11H8F7NO3. The molecule has 0 aliphatic rings. The summed E-state index contributed by atoms with van der Waals surface area (Å²) in [5.74, 6) is -5.35. The molecule has 1 aromatic rings. The Morgan fingerprint density at radius 2 is 1.82 bits per heavy atom. The first-order valence-electron chi connectivity index (χ1n) is 5.61. The van der Waals surface area contributed by atoms with Crippen LogP contribution in [-0.2, 0) is 22.1 Å². The van der Waals surface area contributed by atoms with Crippen molar-refractivity contribution < 1.29 is 45.0 Å². The minimum atomic E-state index is -5.42. The van der Waals surface area contributed by atoms with Gasteiger partial charge in [0.25, 0.3) is 5.88 Å². The number of rotatable bonds is 4. The average molecular weight is 335 g/mol. The van der Waals surface area contributed by atoms with Crippen molar-refractivity contribution in [3.8, 4) is 5.88 Å². The third kappa shape index (κ3) is 4.74. The number of ether oxygens (including phenoxy) is 2. The summed E-state index contributed by atoms with van der Waals surface area (Å²) in [4.78, 5) is 14.0. The first-order valence-corrected chi connectivity index (χ1v) is 5.61. The Kier molecular flexibility index (Phi) is 5.20.